The van der Waals surface area contributed by atoms with Crippen LogP contribution in [0.1, 0.15) is 136 Å². The molecule has 0 aromatic heterocycles. The van der Waals surface area contributed by atoms with Crippen molar-refractivity contribution < 1.29 is 61.1 Å². The summed E-state index contributed by atoms with van der Waals surface area (Å²) in [6.45, 7) is 18.6. The highest BCUT2D eigenvalue weighted by atomic mass is 32.2. The molecule has 23 nitrogen and oxygen atoms in total. The molecule has 3 aromatic rings. The van der Waals surface area contributed by atoms with E-state index in [1.54, 1.807) is 82.5 Å². The molecule has 0 radical (unpaired) electrons. The van der Waals surface area contributed by atoms with E-state index in [2.05, 4.69) is 36.6 Å². The molecule has 4 rings (SSSR count). The topological polar surface area (TPSA) is 331 Å². The maximum Gasteiger partial charge on any atom is 0.407 e. The summed E-state index contributed by atoms with van der Waals surface area (Å²) in [6.07, 6.45) is 5.28. The summed E-state index contributed by atoms with van der Waals surface area (Å²) < 4.78 is 34.2. The van der Waals surface area contributed by atoms with Crippen LogP contribution in [0.25, 0.3) is 0 Å². The highest BCUT2D eigenvalue weighted by Crippen LogP contribution is 2.30. The van der Waals surface area contributed by atoms with E-state index in [9.17, 15) is 56.4 Å². The summed E-state index contributed by atoms with van der Waals surface area (Å²) in [5.74, 6) is -5.39. The molecule has 1 aliphatic heterocycles. The normalized spacial score (nSPS) is 14.5. The van der Waals surface area contributed by atoms with E-state index in [-0.39, 0.29) is 98.2 Å². The highest BCUT2D eigenvalue weighted by molar-refractivity contribution is 7.89. The quantitative estimate of drug-likeness (QED) is 0.0188. The highest BCUT2D eigenvalue weighted by Gasteiger charge is 2.42. The number of amides is 10. The Morgan fingerprint density at radius 1 is 0.730 bits per heavy atom. The monoisotopic (exact) mass is 1250 g/mol. The van der Waals surface area contributed by atoms with Gasteiger partial charge in [0.2, 0.25) is 33.7 Å². The van der Waals surface area contributed by atoms with Crippen molar-refractivity contribution in [2.24, 2.45) is 28.9 Å². The predicted molar refractivity (Wildman–Crippen MR) is 339 cm³/mol. The van der Waals surface area contributed by atoms with E-state index in [4.69, 9.17) is 10.5 Å². The summed E-state index contributed by atoms with van der Waals surface area (Å²) in [5.41, 5.74) is 6.83. The maximum atomic E-state index is 14.4. The molecule has 5 atom stereocenters. The van der Waals surface area contributed by atoms with Crippen molar-refractivity contribution in [2.75, 3.05) is 32.5 Å². The number of hydrogen-bond acceptors (Lipinski definition) is 14. The van der Waals surface area contributed by atoms with Gasteiger partial charge in [0.25, 0.3) is 17.7 Å². The molecular formula is C65H92N10O13S. The Labute approximate surface area is 524 Å². The van der Waals surface area contributed by atoms with Crippen molar-refractivity contribution in [3.8, 4) is 0 Å². The first-order valence-corrected chi connectivity index (χ1v) is 31.7. The number of alkyl carbamates (subject to hydrolysis) is 1. The van der Waals surface area contributed by atoms with Crippen LogP contribution in [0.5, 0.6) is 0 Å². The molecular weight excluding hydrogens is 1160 g/mol. The lowest BCUT2D eigenvalue weighted by molar-refractivity contribution is -0.141. The van der Waals surface area contributed by atoms with Gasteiger partial charge < -0.3 is 47.3 Å². The van der Waals surface area contributed by atoms with E-state index >= 15 is 0 Å². The summed E-state index contributed by atoms with van der Waals surface area (Å²) in [5, 5.41) is 16.9. The maximum absolute atomic E-state index is 14.4. The van der Waals surface area contributed by atoms with Crippen LogP contribution in [-0.4, -0.2) is 129 Å². The van der Waals surface area contributed by atoms with Crippen molar-refractivity contribution in [1.82, 2.24) is 41.1 Å². The van der Waals surface area contributed by atoms with Crippen LogP contribution in [0.3, 0.4) is 0 Å². The number of carbonyl (C=O) groups is 10. The number of unbranched alkanes of at least 4 members (excludes halogenated alkanes) is 2. The Morgan fingerprint density at radius 2 is 1.34 bits per heavy atom. The number of likely N-dealkylation sites (N-methyl/N-ethyl adjacent to an activating group) is 2. The van der Waals surface area contributed by atoms with E-state index < -0.39 is 80.6 Å². The molecule has 0 saturated carbocycles. The number of Topliss-reactive ketones (excluding diaryl/α,β-unsaturated/α-hetero) is 1. The van der Waals surface area contributed by atoms with Gasteiger partial charge in [-0.25, -0.2) is 22.7 Å². The third-order valence-electron chi connectivity index (χ3n) is 15.5. The lowest BCUT2D eigenvalue weighted by Gasteiger charge is -2.40. The minimum Gasteiger partial charge on any atom is -0.445 e. The minimum atomic E-state index is -4.21. The first-order chi connectivity index (χ1) is 41.7. The molecule has 0 spiro atoms. The number of rotatable bonds is 34. The number of carbonyl (C=O) groups excluding carboxylic acids is 10. The second-order valence-corrected chi connectivity index (χ2v) is 26.6. The van der Waals surface area contributed by atoms with Crippen molar-refractivity contribution in [1.29, 1.82) is 0 Å². The third-order valence-corrected chi connectivity index (χ3v) is 16.7. The van der Waals surface area contributed by atoms with Crippen LogP contribution in [0.15, 0.2) is 103 Å². The number of anilines is 1. The number of ketones is 1. The fourth-order valence-electron chi connectivity index (χ4n) is 10.2. The zero-order chi connectivity index (χ0) is 66.4. The molecule has 9 N–H and O–H groups in total. The summed E-state index contributed by atoms with van der Waals surface area (Å²) in [6, 6.07) is 18.5. The van der Waals surface area contributed by atoms with Crippen LogP contribution < -0.4 is 42.4 Å². The number of primary amides is 1. The predicted octanol–water partition coefficient (Wildman–Crippen LogP) is 6.17. The molecule has 0 aliphatic carbocycles. The smallest absolute Gasteiger partial charge is 0.407 e. The Kier molecular flexibility index (Phi) is 27.9. The van der Waals surface area contributed by atoms with E-state index in [0.29, 0.717) is 48.1 Å². The number of urea groups is 1. The fraction of sp³-hybridized carbons (Fsp3) is 0.508. The lowest BCUT2D eigenvalue weighted by atomic mass is 9.76. The number of ether oxygens (including phenoxy) is 1. The largest absolute Gasteiger partial charge is 0.445 e. The average Bonchev–Trinajstić information content (AvgIpc) is 4.08. The molecule has 0 unspecified atom stereocenters. The Balaban J connectivity index is 1.27. The number of hydrogen-bond donors (Lipinski definition) is 8. The molecule has 0 bridgehead atoms. The van der Waals surface area contributed by atoms with Gasteiger partial charge in [-0.3, -0.25) is 43.3 Å². The lowest BCUT2D eigenvalue weighted by Crippen LogP contribution is -2.61. The van der Waals surface area contributed by atoms with Crippen molar-refractivity contribution in [3.05, 3.63) is 125 Å². The van der Waals surface area contributed by atoms with Gasteiger partial charge in [-0.05, 0) is 91.3 Å². The Hall–Kier alpha value is -8.25. The zero-order valence-electron chi connectivity index (χ0n) is 53.5. The second kappa shape index (κ2) is 33.9. The molecule has 0 fully saturated rings. The van der Waals surface area contributed by atoms with Crippen molar-refractivity contribution in [2.45, 2.75) is 163 Å². The van der Waals surface area contributed by atoms with Gasteiger partial charge in [0.15, 0.2) is 5.78 Å². The number of nitrogens with two attached hydrogens (primary N) is 1. The number of benzene rings is 3. The molecule has 486 valence electrons. The first-order valence-electron chi connectivity index (χ1n) is 30.0. The van der Waals surface area contributed by atoms with Crippen LogP contribution >= 0.6 is 0 Å². The molecule has 24 heteroatoms. The van der Waals surface area contributed by atoms with Crippen molar-refractivity contribution >= 4 is 75.0 Å². The Morgan fingerprint density at radius 3 is 1.91 bits per heavy atom. The number of nitrogens with zero attached hydrogens (tertiary/aromatic N) is 2. The number of sulfonamides is 1. The van der Waals surface area contributed by atoms with Crippen molar-refractivity contribution in [3.63, 3.8) is 0 Å². The van der Waals surface area contributed by atoms with Gasteiger partial charge in [0, 0.05) is 74.3 Å². The standard InChI is InChI=1S/C65H92N10O13S/c1-41(2)50(74(12)61(83)57(64(6,7)8)72-60(82)56(67-11)65(9,10)48-21-15-13-16-22-48)36-43(5)58(80)73-89(86,87)40-46-26-24-44(25-27-46)38-69-63(85)88-39-45-28-30-49(31-29-45)70-59(81)47(20-19-34-68-62(66)84)37-51(76)55(42(3)4)71-52(77)23-17-14-18-35-75-53(78)32-33-54(75)79/h13,15-16,21-22,24-33,36,41-42,47,50,55-57,67H,14,17-20,23,34-35,37-40H2,1-12H3,(H,69,85)(H,70,81)(H,71,77)(H,72,82)(H,73,80)(H3,66,68,84)/b43-36+/t47-,50-,55+,56-,57-/m1/s1. The third kappa shape index (κ3) is 23.3. The minimum absolute atomic E-state index is 0.0386. The summed E-state index contributed by atoms with van der Waals surface area (Å²) in [7, 11) is -0.920. The summed E-state index contributed by atoms with van der Waals surface area (Å²) in [4.78, 5) is 132. The first kappa shape index (κ1) is 73.2. The summed E-state index contributed by atoms with van der Waals surface area (Å²) >= 11 is 0. The Bertz CT molecular complexity index is 3120. The molecule has 10 amide bonds. The van der Waals surface area contributed by atoms with Crippen LogP contribution in [0, 0.1) is 23.2 Å². The molecule has 1 aliphatic rings. The van der Waals surface area contributed by atoms with E-state index in [1.807, 2.05) is 78.8 Å². The van der Waals surface area contributed by atoms with Gasteiger partial charge in [-0.15, -0.1) is 0 Å². The van der Waals surface area contributed by atoms with Gasteiger partial charge in [-0.2, -0.15) is 0 Å². The second-order valence-electron chi connectivity index (χ2n) is 24.8. The van der Waals surface area contributed by atoms with Crippen LogP contribution in [0.2, 0.25) is 0 Å². The number of imide groups is 1. The van der Waals surface area contributed by atoms with Crippen LogP contribution in [-0.2, 0) is 77.4 Å². The van der Waals surface area contributed by atoms with E-state index in [1.165, 1.54) is 24.0 Å². The van der Waals surface area contributed by atoms with Gasteiger partial charge in [0.05, 0.1) is 23.9 Å². The van der Waals surface area contributed by atoms with Gasteiger partial charge >= 0.3 is 12.1 Å². The molecule has 0 saturated heterocycles. The van der Waals surface area contributed by atoms with Gasteiger partial charge in [-0.1, -0.05) is 142 Å². The molecule has 89 heavy (non-hydrogen) atoms. The van der Waals surface area contributed by atoms with Crippen LogP contribution in [0.4, 0.5) is 15.3 Å². The fourth-order valence-corrected chi connectivity index (χ4v) is 11.3. The van der Waals surface area contributed by atoms with Gasteiger partial charge in [0.1, 0.15) is 12.6 Å². The number of nitrogens with one attached hydrogen (secondary N) is 7. The molecule has 3 aromatic carbocycles. The molecule has 1 heterocycles. The SMILES string of the molecule is CN[C@H](C(=O)N[C@H](C(=O)N(C)[C@H](/C=C(\C)C(=O)NS(=O)(=O)Cc1ccc(CNC(=O)OCc2ccc(NC(=O)[C@H](CCCNC(N)=O)CC(=O)[C@@H](NC(=O)CCCCCN3C(=O)C=CC3=O)C(C)C)cc2)cc1)C(C)C)C(C)(C)C)C(C)(C)c1ccccc1. The van der Waals surface area contributed by atoms with E-state index in [0.717, 1.165) is 10.5 Å². The zero-order valence-corrected chi connectivity index (χ0v) is 54.3. The average molecular weight is 1250 g/mol.